The molecule has 0 spiro atoms. The molecule has 2 rings (SSSR count). The van der Waals surface area contributed by atoms with Crippen LogP contribution in [0.4, 0.5) is 5.69 Å². The van der Waals surface area contributed by atoms with Gasteiger partial charge in [-0.2, -0.15) is 4.73 Å². The van der Waals surface area contributed by atoms with E-state index in [0.29, 0.717) is 16.7 Å². The second kappa shape index (κ2) is 1.88. The molecule has 0 saturated heterocycles. The van der Waals surface area contributed by atoms with Crippen molar-refractivity contribution in [3.8, 4) is 0 Å². The van der Waals surface area contributed by atoms with Gasteiger partial charge in [0, 0.05) is 0 Å². The largest absolute Gasteiger partial charge is 0.427 e. The number of hydrogen-bond acceptors (Lipinski definition) is 3. The Hall–Kier alpha value is -1.71. The third-order valence-corrected chi connectivity index (χ3v) is 1.59. The molecule has 0 aliphatic heterocycles. The highest BCUT2D eigenvalue weighted by molar-refractivity contribution is 5.86. The number of anilines is 1. The van der Waals surface area contributed by atoms with Crippen LogP contribution in [0, 0.1) is 0 Å². The lowest BCUT2D eigenvalue weighted by molar-refractivity contribution is 0.198. The first-order valence-electron chi connectivity index (χ1n) is 3.20. The predicted octanol–water partition coefficient (Wildman–Crippen LogP) is 0.856. The van der Waals surface area contributed by atoms with E-state index >= 15 is 0 Å². The Bertz CT molecular complexity index is 393. The van der Waals surface area contributed by atoms with Crippen LogP contribution in [-0.4, -0.2) is 14.9 Å². The van der Waals surface area contributed by atoms with E-state index in [9.17, 15) is 0 Å². The first kappa shape index (κ1) is 6.03. The summed E-state index contributed by atoms with van der Waals surface area (Å²) in [5.41, 5.74) is 7.43. The van der Waals surface area contributed by atoms with Gasteiger partial charge in [0.15, 0.2) is 0 Å². The maximum Gasteiger partial charge on any atom is 0.133 e. The van der Waals surface area contributed by atoms with E-state index in [2.05, 4.69) is 4.98 Å². The van der Waals surface area contributed by atoms with Crippen LogP contribution in [0.5, 0.6) is 0 Å². The number of fused-ring (bicyclic) bond motifs is 1. The summed E-state index contributed by atoms with van der Waals surface area (Å²) in [6.45, 7) is 0. The van der Waals surface area contributed by atoms with Gasteiger partial charge in [-0.3, -0.25) is 0 Å². The van der Waals surface area contributed by atoms with Crippen molar-refractivity contribution in [2.24, 2.45) is 0 Å². The normalized spacial score (nSPS) is 10.5. The molecule has 4 nitrogen and oxygen atoms in total. The van der Waals surface area contributed by atoms with Crippen LogP contribution in [-0.2, 0) is 0 Å². The lowest BCUT2D eigenvalue weighted by Crippen LogP contribution is -1.88. The van der Waals surface area contributed by atoms with Gasteiger partial charge in [0.05, 0.1) is 5.69 Å². The van der Waals surface area contributed by atoms with Crippen molar-refractivity contribution in [3.05, 3.63) is 24.5 Å². The third kappa shape index (κ3) is 0.724. The van der Waals surface area contributed by atoms with Crippen LogP contribution < -0.4 is 5.73 Å². The zero-order valence-electron chi connectivity index (χ0n) is 5.73. The lowest BCUT2D eigenvalue weighted by atomic mass is 10.3. The molecule has 0 saturated carbocycles. The fourth-order valence-corrected chi connectivity index (χ4v) is 1.05. The molecular formula is C7H7N3O. The minimum absolute atomic E-state index is 0.579. The van der Waals surface area contributed by atoms with Crippen molar-refractivity contribution in [1.82, 2.24) is 9.71 Å². The average molecular weight is 149 g/mol. The van der Waals surface area contributed by atoms with Crippen molar-refractivity contribution in [2.75, 3.05) is 5.73 Å². The molecule has 0 unspecified atom stereocenters. The Morgan fingerprint density at radius 3 is 3.00 bits per heavy atom. The molecule has 0 fully saturated rings. The molecule has 2 aromatic rings. The molecule has 1 aromatic heterocycles. The molecule has 11 heavy (non-hydrogen) atoms. The fraction of sp³-hybridized carbons (Fsp3) is 0. The molecule has 0 amide bonds. The van der Waals surface area contributed by atoms with Gasteiger partial charge in [-0.05, 0) is 12.1 Å². The summed E-state index contributed by atoms with van der Waals surface area (Å²) in [6.07, 6.45) is 1.32. The molecule has 56 valence electrons. The zero-order valence-corrected chi connectivity index (χ0v) is 5.73. The SMILES string of the molecule is Nc1cccc2c1ncn2O. The van der Waals surface area contributed by atoms with E-state index in [1.54, 1.807) is 18.2 Å². The monoisotopic (exact) mass is 149 g/mol. The number of hydrogen-bond donors (Lipinski definition) is 2. The average Bonchev–Trinajstić information content (AvgIpc) is 2.35. The maximum atomic E-state index is 9.13. The summed E-state index contributed by atoms with van der Waals surface area (Å²) < 4.78 is 0.950. The molecule has 4 heteroatoms. The number of aromatic nitrogens is 2. The van der Waals surface area contributed by atoms with E-state index in [1.807, 2.05) is 0 Å². The highest BCUT2D eigenvalue weighted by Crippen LogP contribution is 2.17. The first-order chi connectivity index (χ1) is 5.29. The molecular weight excluding hydrogens is 142 g/mol. The van der Waals surface area contributed by atoms with Gasteiger partial charge in [0.25, 0.3) is 0 Å². The summed E-state index contributed by atoms with van der Waals surface area (Å²) in [5.74, 6) is 0. The Kier molecular flexibility index (Phi) is 1.03. The van der Waals surface area contributed by atoms with Gasteiger partial charge in [0.2, 0.25) is 0 Å². The van der Waals surface area contributed by atoms with Crippen LogP contribution in [0.1, 0.15) is 0 Å². The maximum absolute atomic E-state index is 9.13. The summed E-state index contributed by atoms with van der Waals surface area (Å²) >= 11 is 0. The smallest absolute Gasteiger partial charge is 0.133 e. The fourth-order valence-electron chi connectivity index (χ4n) is 1.05. The van der Waals surface area contributed by atoms with Gasteiger partial charge in [-0.1, -0.05) is 6.07 Å². The Morgan fingerprint density at radius 2 is 2.27 bits per heavy atom. The Balaban J connectivity index is 2.94. The van der Waals surface area contributed by atoms with E-state index in [0.717, 1.165) is 4.73 Å². The van der Waals surface area contributed by atoms with Crippen LogP contribution in [0.3, 0.4) is 0 Å². The molecule has 0 aliphatic rings. The van der Waals surface area contributed by atoms with E-state index in [-0.39, 0.29) is 0 Å². The molecule has 1 heterocycles. The minimum atomic E-state index is 0.579. The van der Waals surface area contributed by atoms with Crippen molar-refractivity contribution in [2.45, 2.75) is 0 Å². The van der Waals surface area contributed by atoms with Gasteiger partial charge in [-0.15, -0.1) is 0 Å². The van der Waals surface area contributed by atoms with Crippen LogP contribution >= 0.6 is 0 Å². The van der Waals surface area contributed by atoms with Gasteiger partial charge < -0.3 is 10.9 Å². The van der Waals surface area contributed by atoms with Gasteiger partial charge >= 0.3 is 0 Å². The van der Waals surface area contributed by atoms with Crippen molar-refractivity contribution >= 4 is 16.7 Å². The van der Waals surface area contributed by atoms with Crippen molar-refractivity contribution < 1.29 is 5.21 Å². The first-order valence-corrected chi connectivity index (χ1v) is 3.20. The number of benzene rings is 1. The highest BCUT2D eigenvalue weighted by atomic mass is 16.5. The molecule has 1 aromatic carbocycles. The number of para-hydroxylation sites is 1. The number of rotatable bonds is 0. The molecule has 0 aliphatic carbocycles. The minimum Gasteiger partial charge on any atom is -0.427 e. The predicted molar refractivity (Wildman–Crippen MR) is 41.3 cm³/mol. The van der Waals surface area contributed by atoms with Crippen molar-refractivity contribution in [3.63, 3.8) is 0 Å². The topological polar surface area (TPSA) is 64.1 Å². The van der Waals surface area contributed by atoms with E-state index < -0.39 is 0 Å². The molecule has 0 bridgehead atoms. The molecule has 3 N–H and O–H groups in total. The Morgan fingerprint density at radius 1 is 1.45 bits per heavy atom. The molecule has 0 atom stereocenters. The highest BCUT2D eigenvalue weighted by Gasteiger charge is 2.01. The van der Waals surface area contributed by atoms with Crippen LogP contribution in [0.15, 0.2) is 24.5 Å². The number of imidazole rings is 1. The number of nitrogen functional groups attached to an aromatic ring is 1. The second-order valence-electron chi connectivity index (χ2n) is 2.30. The summed E-state index contributed by atoms with van der Waals surface area (Å²) in [4.78, 5) is 3.91. The summed E-state index contributed by atoms with van der Waals surface area (Å²) in [5, 5.41) is 9.13. The zero-order chi connectivity index (χ0) is 7.84. The van der Waals surface area contributed by atoms with Crippen LogP contribution in [0.2, 0.25) is 0 Å². The van der Waals surface area contributed by atoms with Crippen molar-refractivity contribution in [1.29, 1.82) is 0 Å². The number of nitrogens with zero attached hydrogens (tertiary/aromatic N) is 2. The molecule has 0 radical (unpaired) electrons. The van der Waals surface area contributed by atoms with E-state index in [4.69, 9.17) is 10.9 Å². The van der Waals surface area contributed by atoms with Gasteiger partial charge in [-0.25, -0.2) is 4.98 Å². The lowest BCUT2D eigenvalue weighted by Gasteiger charge is -1.93. The Labute approximate surface area is 62.8 Å². The second-order valence-corrected chi connectivity index (χ2v) is 2.30. The quantitative estimate of drug-likeness (QED) is 0.431. The van der Waals surface area contributed by atoms with Crippen LogP contribution in [0.25, 0.3) is 11.0 Å². The standard InChI is InChI=1S/C7H7N3O/c8-5-2-1-3-6-7(5)9-4-10(6)11/h1-4,11H,8H2. The summed E-state index contributed by atoms with van der Waals surface area (Å²) in [7, 11) is 0. The van der Waals surface area contributed by atoms with E-state index in [1.165, 1.54) is 6.33 Å². The summed E-state index contributed by atoms with van der Waals surface area (Å²) in [6, 6.07) is 5.26. The third-order valence-electron chi connectivity index (χ3n) is 1.59. The number of nitrogens with two attached hydrogens (primary N) is 1. The van der Waals surface area contributed by atoms with Gasteiger partial charge in [0.1, 0.15) is 17.4 Å².